The Balaban J connectivity index is 1.59. The second-order valence-electron chi connectivity index (χ2n) is 8.92. The van der Waals surface area contributed by atoms with Crippen molar-refractivity contribution in [1.82, 2.24) is 0 Å². The Morgan fingerprint density at radius 3 is 2.10 bits per heavy atom. The van der Waals surface area contributed by atoms with Gasteiger partial charge in [-0.1, -0.05) is 103 Å². The molecule has 5 rings (SSSR count). The number of hydrogen-bond donors (Lipinski definition) is 1. The molecule has 7 nitrogen and oxygen atoms in total. The highest BCUT2D eigenvalue weighted by Crippen LogP contribution is 2.20. The molecule has 3 atom stereocenters. The zero-order valence-corrected chi connectivity index (χ0v) is 28.6. The fourth-order valence-corrected chi connectivity index (χ4v) is 19.5. The zero-order chi connectivity index (χ0) is 27.8. The van der Waals surface area contributed by atoms with Crippen LogP contribution < -0.4 is 20.3 Å². The average molecular weight is 641 g/mol. The van der Waals surface area contributed by atoms with Crippen LogP contribution in [0.4, 0.5) is 0 Å². The first-order valence-corrected chi connectivity index (χ1v) is 20.5. The molecule has 0 aromatic heterocycles. The predicted octanol–water partition coefficient (Wildman–Crippen LogP) is 1.31. The minimum atomic E-state index is -3.75. The summed E-state index contributed by atoms with van der Waals surface area (Å²) < 4.78 is 37.8. The summed E-state index contributed by atoms with van der Waals surface area (Å²) in [5.41, 5.74) is 2.96. The van der Waals surface area contributed by atoms with E-state index in [0.29, 0.717) is 10.2 Å². The summed E-state index contributed by atoms with van der Waals surface area (Å²) in [5, 5.41) is 3.11. The SMILES string of the molecule is COc1ccc([Si]2(/C=C/c3ccc(Cl)cc3)O[SiH2]O[Si@@](O)(c3ccccc3)O[SiH2]O[Si@@H](c3ccccc3)O2)cc1. The molecular formula is C27H29ClO7Si5. The van der Waals surface area contributed by atoms with E-state index in [1.807, 2.05) is 121 Å². The van der Waals surface area contributed by atoms with Gasteiger partial charge in [-0.3, -0.25) is 0 Å². The second kappa shape index (κ2) is 13.5. The van der Waals surface area contributed by atoms with Gasteiger partial charge < -0.3 is 30.1 Å². The van der Waals surface area contributed by atoms with Crippen LogP contribution in [0.2, 0.25) is 5.02 Å². The molecule has 0 spiro atoms. The van der Waals surface area contributed by atoms with E-state index in [9.17, 15) is 4.80 Å². The smallest absolute Gasteiger partial charge is 0.497 e. The Morgan fingerprint density at radius 1 is 0.775 bits per heavy atom. The van der Waals surface area contributed by atoms with Gasteiger partial charge in [-0.05, 0) is 45.9 Å². The Hall–Kier alpha value is -2.45. The number of ether oxygens (including phenoxy) is 1. The summed E-state index contributed by atoms with van der Waals surface area (Å²) in [5.74, 6) is 0.725. The van der Waals surface area contributed by atoms with E-state index >= 15 is 0 Å². The van der Waals surface area contributed by atoms with Gasteiger partial charge in [0.2, 0.25) is 0 Å². The third-order valence-electron chi connectivity index (χ3n) is 6.35. The van der Waals surface area contributed by atoms with Crippen molar-refractivity contribution >= 4 is 79.9 Å². The third-order valence-corrected chi connectivity index (χ3v) is 20.6. The van der Waals surface area contributed by atoms with Gasteiger partial charge in [0.05, 0.1) is 7.11 Å². The van der Waals surface area contributed by atoms with Crippen molar-refractivity contribution in [3.63, 3.8) is 0 Å². The van der Waals surface area contributed by atoms with Crippen molar-refractivity contribution in [2.45, 2.75) is 0 Å². The number of methoxy groups -OCH3 is 1. The topological polar surface area (TPSA) is 75.6 Å². The summed E-state index contributed by atoms with van der Waals surface area (Å²) in [4.78, 5) is 11.6. The van der Waals surface area contributed by atoms with Gasteiger partial charge in [0.1, 0.15) is 5.75 Å². The van der Waals surface area contributed by atoms with E-state index in [0.717, 1.165) is 21.7 Å². The van der Waals surface area contributed by atoms with Crippen LogP contribution >= 0.6 is 11.6 Å². The first-order chi connectivity index (χ1) is 19.5. The van der Waals surface area contributed by atoms with Crippen molar-refractivity contribution in [3.8, 4) is 5.75 Å². The van der Waals surface area contributed by atoms with Crippen LogP contribution in [0.15, 0.2) is 115 Å². The summed E-state index contributed by atoms with van der Waals surface area (Å²) in [6, 6.07) is 34.4. The van der Waals surface area contributed by atoms with Crippen LogP contribution in [-0.4, -0.2) is 58.6 Å². The molecule has 0 bridgehead atoms. The van der Waals surface area contributed by atoms with E-state index in [4.69, 9.17) is 36.9 Å². The van der Waals surface area contributed by atoms with Gasteiger partial charge in [-0.25, -0.2) is 0 Å². The van der Waals surface area contributed by atoms with Crippen molar-refractivity contribution in [2.24, 2.45) is 0 Å². The number of benzene rings is 4. The highest BCUT2D eigenvalue weighted by molar-refractivity contribution is 6.94. The fraction of sp³-hybridized carbons (Fsp3) is 0.0370. The lowest BCUT2D eigenvalue weighted by molar-refractivity contribution is 0.234. The van der Waals surface area contributed by atoms with Crippen LogP contribution in [-0.2, 0) is 20.6 Å². The number of halogens is 1. The molecule has 1 aliphatic rings. The van der Waals surface area contributed by atoms with Gasteiger partial charge in [0.15, 0.2) is 0 Å². The Kier molecular flexibility index (Phi) is 9.79. The van der Waals surface area contributed by atoms with Gasteiger partial charge in [-0.15, -0.1) is 0 Å². The van der Waals surface area contributed by atoms with Crippen molar-refractivity contribution < 1.29 is 30.1 Å². The minimum Gasteiger partial charge on any atom is -0.497 e. The van der Waals surface area contributed by atoms with Crippen LogP contribution in [0.5, 0.6) is 5.75 Å². The Bertz CT molecular complexity index is 1400. The molecule has 0 aliphatic carbocycles. The van der Waals surface area contributed by atoms with Crippen LogP contribution in [0.1, 0.15) is 5.56 Å². The molecule has 206 valence electrons. The molecule has 1 heterocycles. The van der Waals surface area contributed by atoms with Gasteiger partial charge in [-0.2, -0.15) is 0 Å². The molecule has 1 unspecified atom stereocenters. The third kappa shape index (κ3) is 7.06. The van der Waals surface area contributed by atoms with Gasteiger partial charge in [0, 0.05) is 10.2 Å². The largest absolute Gasteiger partial charge is 0.515 e. The van der Waals surface area contributed by atoms with E-state index in [-0.39, 0.29) is 0 Å². The molecule has 4 aromatic rings. The molecule has 4 aromatic carbocycles. The van der Waals surface area contributed by atoms with E-state index in [1.54, 1.807) is 7.11 Å². The van der Waals surface area contributed by atoms with Crippen molar-refractivity contribution in [2.75, 3.05) is 7.11 Å². The Morgan fingerprint density at radius 2 is 1.43 bits per heavy atom. The van der Waals surface area contributed by atoms with Crippen LogP contribution in [0.3, 0.4) is 0 Å². The molecular weight excluding hydrogens is 612 g/mol. The minimum absolute atomic E-state index is 0.620. The standard InChI is InChI=1S/C27H29ClO7Si5/c1-30-24-16-18-26(19-17-24)39(21-20-22-12-14-23(28)15-13-22)32-37-34-40(29,27-10-6-3-7-11-27)33-36-31-38(35-39)25-8-4-2-5-9-25/h2-21,29,38H,36-37H2,1H3/b21-20+/t38-,39?,40-/m1/s1. The first kappa shape index (κ1) is 29.1. The zero-order valence-electron chi connectivity index (χ0n) is 21.8. The quantitative estimate of drug-likeness (QED) is 0.319. The maximum absolute atomic E-state index is 11.6. The highest BCUT2D eigenvalue weighted by atomic mass is 35.5. The maximum atomic E-state index is 11.6. The highest BCUT2D eigenvalue weighted by Gasteiger charge is 2.46. The first-order valence-electron chi connectivity index (χ1n) is 12.6. The lowest BCUT2D eigenvalue weighted by Gasteiger charge is -2.36. The fourth-order valence-electron chi connectivity index (χ4n) is 4.17. The van der Waals surface area contributed by atoms with Gasteiger partial charge >= 0.3 is 26.6 Å². The summed E-state index contributed by atoms with van der Waals surface area (Å²) >= 11 is 6.12. The predicted molar refractivity (Wildman–Crippen MR) is 169 cm³/mol. The summed E-state index contributed by atoms with van der Waals surface area (Å²) in [6.07, 6.45) is 1.98. The average Bonchev–Trinajstić information content (AvgIpc) is 3.01. The normalized spacial score (nSPS) is 25.2. The van der Waals surface area contributed by atoms with E-state index in [2.05, 4.69) is 0 Å². The van der Waals surface area contributed by atoms with Gasteiger partial charge in [0.25, 0.3) is 20.0 Å². The van der Waals surface area contributed by atoms with E-state index < -0.39 is 46.7 Å². The Labute approximate surface area is 247 Å². The number of rotatable bonds is 6. The monoisotopic (exact) mass is 640 g/mol. The van der Waals surface area contributed by atoms with Crippen molar-refractivity contribution in [3.05, 3.63) is 125 Å². The maximum Gasteiger partial charge on any atom is 0.515 e. The molecule has 1 fully saturated rings. The molecule has 0 radical (unpaired) electrons. The van der Waals surface area contributed by atoms with Crippen LogP contribution in [0.25, 0.3) is 6.08 Å². The molecule has 40 heavy (non-hydrogen) atoms. The summed E-state index contributed by atoms with van der Waals surface area (Å²) in [7, 11) is -11.5. The molecule has 13 heteroatoms. The lowest BCUT2D eigenvalue weighted by Crippen LogP contribution is -2.63. The molecule has 0 saturated carbocycles. The summed E-state index contributed by atoms with van der Waals surface area (Å²) in [6.45, 7) is 0. The van der Waals surface area contributed by atoms with E-state index in [1.165, 1.54) is 0 Å². The molecule has 1 saturated heterocycles. The molecule has 1 aliphatic heterocycles. The number of hydrogen-bond acceptors (Lipinski definition) is 7. The van der Waals surface area contributed by atoms with Crippen molar-refractivity contribution in [1.29, 1.82) is 0 Å². The van der Waals surface area contributed by atoms with Crippen LogP contribution in [0, 0.1) is 0 Å². The molecule has 0 amide bonds. The second-order valence-corrected chi connectivity index (χ2v) is 20.9. The molecule has 1 N–H and O–H groups in total. The lowest BCUT2D eigenvalue weighted by atomic mass is 10.2.